The third-order valence-corrected chi connectivity index (χ3v) is 3.28. The fraction of sp³-hybridized carbons (Fsp3) is 0.357. The molecule has 1 heterocycles. The Labute approximate surface area is 121 Å². The van der Waals surface area contributed by atoms with Crippen molar-refractivity contribution in [3.8, 4) is 0 Å². The van der Waals surface area contributed by atoms with E-state index in [0.29, 0.717) is 11.3 Å². The number of anilines is 1. The average molecular weight is 292 g/mol. The largest absolute Gasteiger partial charge is 0.480 e. The van der Waals surface area contributed by atoms with Crippen LogP contribution in [0.1, 0.15) is 23.7 Å². The molecular weight excluding hydrogens is 276 g/mol. The van der Waals surface area contributed by atoms with Gasteiger partial charge in [-0.1, -0.05) is 0 Å². The fourth-order valence-electron chi connectivity index (χ4n) is 2.34. The van der Waals surface area contributed by atoms with Crippen molar-refractivity contribution in [2.75, 3.05) is 11.9 Å². The van der Waals surface area contributed by atoms with Crippen molar-refractivity contribution < 1.29 is 24.6 Å². The van der Waals surface area contributed by atoms with Crippen LogP contribution >= 0.6 is 0 Å². The molecule has 21 heavy (non-hydrogen) atoms. The summed E-state index contributed by atoms with van der Waals surface area (Å²) < 4.78 is 0. The fourth-order valence-corrected chi connectivity index (χ4v) is 2.34. The van der Waals surface area contributed by atoms with Crippen molar-refractivity contribution in [3.05, 3.63) is 29.8 Å². The van der Waals surface area contributed by atoms with Crippen molar-refractivity contribution in [3.63, 3.8) is 0 Å². The summed E-state index contributed by atoms with van der Waals surface area (Å²) in [5.41, 5.74) is 0.861. The number of benzene rings is 1. The monoisotopic (exact) mass is 292 g/mol. The topological polar surface area (TPSA) is 107 Å². The predicted molar refractivity (Wildman–Crippen MR) is 73.8 cm³/mol. The molecule has 1 fully saturated rings. The predicted octanol–water partition coefficient (Wildman–Crippen LogP) is 0.305. The number of carboxylic acid groups (broad SMARTS) is 1. The van der Waals surface area contributed by atoms with Gasteiger partial charge in [-0.05, 0) is 24.3 Å². The number of hydrogen-bond acceptors (Lipinski definition) is 4. The van der Waals surface area contributed by atoms with Gasteiger partial charge < -0.3 is 20.4 Å². The molecule has 7 nitrogen and oxygen atoms in total. The first kappa shape index (κ1) is 15.0. The Morgan fingerprint density at radius 3 is 2.38 bits per heavy atom. The van der Waals surface area contributed by atoms with Gasteiger partial charge in [0.25, 0.3) is 5.91 Å². The minimum atomic E-state index is -1.13. The Hall–Kier alpha value is -2.41. The van der Waals surface area contributed by atoms with Crippen LogP contribution in [0.15, 0.2) is 24.3 Å². The number of carbonyl (C=O) groups is 3. The van der Waals surface area contributed by atoms with E-state index in [1.165, 1.54) is 19.1 Å². The zero-order valence-corrected chi connectivity index (χ0v) is 11.4. The van der Waals surface area contributed by atoms with Gasteiger partial charge in [0.15, 0.2) is 0 Å². The van der Waals surface area contributed by atoms with Crippen LogP contribution in [0.3, 0.4) is 0 Å². The highest BCUT2D eigenvalue weighted by atomic mass is 16.4. The molecule has 1 aromatic carbocycles. The first-order valence-corrected chi connectivity index (χ1v) is 6.48. The van der Waals surface area contributed by atoms with Gasteiger partial charge in [0.05, 0.1) is 6.10 Å². The summed E-state index contributed by atoms with van der Waals surface area (Å²) in [5, 5.41) is 21.2. The van der Waals surface area contributed by atoms with E-state index < -0.39 is 24.0 Å². The smallest absolute Gasteiger partial charge is 0.326 e. The Bertz CT molecular complexity index is 569. The number of likely N-dealkylation sites (tertiary alicyclic amines) is 1. The molecule has 0 aliphatic carbocycles. The summed E-state index contributed by atoms with van der Waals surface area (Å²) in [4.78, 5) is 35.5. The lowest BCUT2D eigenvalue weighted by Gasteiger charge is -2.21. The number of carboxylic acids is 1. The second kappa shape index (κ2) is 5.92. The Morgan fingerprint density at radius 1 is 1.24 bits per heavy atom. The molecule has 0 aromatic heterocycles. The number of rotatable bonds is 3. The van der Waals surface area contributed by atoms with Crippen LogP contribution in [0.25, 0.3) is 0 Å². The third-order valence-electron chi connectivity index (χ3n) is 3.28. The number of amides is 2. The van der Waals surface area contributed by atoms with E-state index in [0.717, 1.165) is 4.90 Å². The lowest BCUT2D eigenvalue weighted by molar-refractivity contribution is -0.141. The molecule has 2 rings (SSSR count). The molecule has 2 atom stereocenters. The van der Waals surface area contributed by atoms with E-state index in [1.807, 2.05) is 0 Å². The van der Waals surface area contributed by atoms with E-state index >= 15 is 0 Å². The van der Waals surface area contributed by atoms with E-state index in [-0.39, 0.29) is 18.9 Å². The van der Waals surface area contributed by atoms with Gasteiger partial charge in [-0.3, -0.25) is 9.59 Å². The molecular formula is C14H16N2O5. The molecule has 0 radical (unpaired) electrons. The van der Waals surface area contributed by atoms with Crippen LogP contribution in [0.4, 0.5) is 5.69 Å². The van der Waals surface area contributed by atoms with Crippen molar-refractivity contribution in [2.45, 2.75) is 25.5 Å². The first-order valence-electron chi connectivity index (χ1n) is 6.48. The number of nitrogens with one attached hydrogen (secondary N) is 1. The maximum Gasteiger partial charge on any atom is 0.326 e. The van der Waals surface area contributed by atoms with Gasteiger partial charge in [-0.25, -0.2) is 4.79 Å². The minimum absolute atomic E-state index is 0.00322. The lowest BCUT2D eigenvalue weighted by atomic mass is 10.1. The summed E-state index contributed by atoms with van der Waals surface area (Å²) in [6, 6.07) is 5.14. The maximum absolute atomic E-state index is 12.3. The van der Waals surface area contributed by atoms with Crippen LogP contribution in [-0.2, 0) is 9.59 Å². The zero-order chi connectivity index (χ0) is 15.6. The first-order chi connectivity index (χ1) is 9.88. The molecule has 112 valence electrons. The second-order valence-corrected chi connectivity index (χ2v) is 4.96. The average Bonchev–Trinajstić information content (AvgIpc) is 2.80. The number of aliphatic hydroxyl groups excluding tert-OH is 1. The van der Waals surface area contributed by atoms with Gasteiger partial charge in [-0.2, -0.15) is 0 Å². The van der Waals surface area contributed by atoms with Crippen LogP contribution in [0, 0.1) is 0 Å². The van der Waals surface area contributed by atoms with Crippen molar-refractivity contribution in [1.29, 1.82) is 0 Å². The summed E-state index contributed by atoms with van der Waals surface area (Å²) in [7, 11) is 0. The highest BCUT2D eigenvalue weighted by molar-refractivity contribution is 5.97. The van der Waals surface area contributed by atoms with E-state index in [4.69, 9.17) is 5.11 Å². The Morgan fingerprint density at radius 2 is 1.86 bits per heavy atom. The number of aliphatic hydroxyl groups is 1. The zero-order valence-electron chi connectivity index (χ0n) is 11.4. The standard InChI is InChI=1S/C14H16N2O5/c1-8(17)15-10-4-2-9(3-5-10)13(19)16-7-11(18)6-12(16)14(20)21/h2-5,11-12,18H,6-7H2,1H3,(H,15,17)(H,20,21). The normalized spacial score (nSPS) is 21.1. The van der Waals surface area contributed by atoms with Crippen molar-refractivity contribution in [2.24, 2.45) is 0 Å². The maximum atomic E-state index is 12.3. The second-order valence-electron chi connectivity index (χ2n) is 4.96. The molecule has 1 saturated heterocycles. The molecule has 0 bridgehead atoms. The summed E-state index contributed by atoms with van der Waals surface area (Å²) in [6.07, 6.45) is -0.792. The van der Waals surface area contributed by atoms with Crippen LogP contribution < -0.4 is 5.32 Å². The minimum Gasteiger partial charge on any atom is -0.480 e. The highest BCUT2D eigenvalue weighted by Gasteiger charge is 2.39. The SMILES string of the molecule is CC(=O)Nc1ccc(C(=O)N2CC(O)CC2C(=O)O)cc1. The molecule has 1 aromatic rings. The lowest BCUT2D eigenvalue weighted by Crippen LogP contribution is -2.40. The number of β-amino-alcohol motifs (C(OH)–C–C–N with tert-alkyl or cyclic N) is 1. The molecule has 7 heteroatoms. The molecule has 2 unspecified atom stereocenters. The molecule has 2 amide bonds. The Balaban J connectivity index is 2.15. The summed E-state index contributed by atoms with van der Waals surface area (Å²) >= 11 is 0. The quantitative estimate of drug-likeness (QED) is 0.743. The third kappa shape index (κ3) is 3.38. The Kier molecular flexibility index (Phi) is 4.23. The summed E-state index contributed by atoms with van der Waals surface area (Å²) in [6.45, 7) is 1.38. The van der Waals surface area contributed by atoms with E-state index in [1.54, 1.807) is 12.1 Å². The molecule has 1 aliphatic heterocycles. The van der Waals surface area contributed by atoms with Crippen LogP contribution in [0.2, 0.25) is 0 Å². The summed E-state index contributed by atoms with van der Waals surface area (Å²) in [5.74, 6) is -1.80. The molecule has 0 saturated carbocycles. The van der Waals surface area contributed by atoms with Crippen molar-refractivity contribution in [1.82, 2.24) is 4.90 Å². The molecule has 0 spiro atoms. The van der Waals surface area contributed by atoms with Gasteiger partial charge in [0, 0.05) is 31.1 Å². The molecule has 1 aliphatic rings. The van der Waals surface area contributed by atoms with Crippen LogP contribution in [0.5, 0.6) is 0 Å². The van der Waals surface area contributed by atoms with Crippen LogP contribution in [-0.4, -0.2) is 51.6 Å². The van der Waals surface area contributed by atoms with Gasteiger partial charge in [0.1, 0.15) is 6.04 Å². The van der Waals surface area contributed by atoms with Gasteiger partial charge in [-0.15, -0.1) is 0 Å². The van der Waals surface area contributed by atoms with Gasteiger partial charge >= 0.3 is 5.97 Å². The van der Waals surface area contributed by atoms with Gasteiger partial charge in [0.2, 0.25) is 5.91 Å². The van der Waals surface area contributed by atoms with E-state index in [9.17, 15) is 19.5 Å². The van der Waals surface area contributed by atoms with Crippen molar-refractivity contribution >= 4 is 23.5 Å². The number of hydrogen-bond donors (Lipinski definition) is 3. The highest BCUT2D eigenvalue weighted by Crippen LogP contribution is 2.21. The van der Waals surface area contributed by atoms with E-state index in [2.05, 4.69) is 5.32 Å². The number of carbonyl (C=O) groups excluding carboxylic acids is 2. The molecule has 3 N–H and O–H groups in total. The number of nitrogens with zero attached hydrogens (tertiary/aromatic N) is 1. The number of aliphatic carboxylic acids is 1.